The highest BCUT2D eigenvalue weighted by atomic mass is 19.1. The summed E-state index contributed by atoms with van der Waals surface area (Å²) >= 11 is 0. The van der Waals surface area contributed by atoms with Crippen LogP contribution in [0.2, 0.25) is 0 Å². The molecule has 5 heteroatoms. The van der Waals surface area contributed by atoms with Gasteiger partial charge in [0.2, 0.25) is 0 Å². The number of rotatable bonds is 6. The number of aliphatic carboxylic acids is 1. The number of benzene rings is 3. The second-order valence-corrected chi connectivity index (χ2v) is 6.70. The molecule has 0 radical (unpaired) electrons. The summed E-state index contributed by atoms with van der Waals surface area (Å²) in [7, 11) is 0. The van der Waals surface area contributed by atoms with Crippen molar-refractivity contribution in [1.82, 2.24) is 4.98 Å². The summed E-state index contributed by atoms with van der Waals surface area (Å²) in [4.78, 5) is 15.4. The highest BCUT2D eigenvalue weighted by Crippen LogP contribution is 2.27. The zero-order chi connectivity index (χ0) is 20.2. The van der Waals surface area contributed by atoms with Crippen LogP contribution in [-0.4, -0.2) is 16.1 Å². The first-order valence-electron chi connectivity index (χ1n) is 9.16. The third-order valence-corrected chi connectivity index (χ3v) is 4.58. The number of carbonyl (C=O) groups is 1. The van der Waals surface area contributed by atoms with E-state index in [2.05, 4.69) is 4.98 Å². The summed E-state index contributed by atoms with van der Waals surface area (Å²) in [6.45, 7) is 0.300. The number of aromatic nitrogens is 1. The van der Waals surface area contributed by atoms with E-state index in [1.54, 1.807) is 36.4 Å². The average molecular weight is 387 g/mol. The van der Waals surface area contributed by atoms with Gasteiger partial charge in [-0.1, -0.05) is 48.5 Å². The fraction of sp³-hybridized carbons (Fsp3) is 0.0833. The maximum atomic E-state index is 14.5. The monoisotopic (exact) mass is 387 g/mol. The SMILES string of the molecule is O=C(O)Cc1ccc(-c2cccc(OCc3ccc4ccccc4n3)c2)c(F)c1. The lowest BCUT2D eigenvalue weighted by molar-refractivity contribution is -0.136. The molecule has 0 saturated carbocycles. The molecular formula is C24H18FNO3. The Balaban J connectivity index is 1.51. The molecule has 4 rings (SSSR count). The van der Waals surface area contributed by atoms with Crippen molar-refractivity contribution in [2.45, 2.75) is 13.0 Å². The number of carboxylic acid groups (broad SMARTS) is 1. The van der Waals surface area contributed by atoms with Crippen LogP contribution in [0.15, 0.2) is 78.9 Å². The van der Waals surface area contributed by atoms with Crippen LogP contribution in [0.5, 0.6) is 5.75 Å². The minimum absolute atomic E-state index is 0.209. The molecule has 0 saturated heterocycles. The van der Waals surface area contributed by atoms with E-state index < -0.39 is 11.8 Å². The maximum absolute atomic E-state index is 14.5. The van der Waals surface area contributed by atoms with E-state index in [0.717, 1.165) is 16.6 Å². The van der Waals surface area contributed by atoms with E-state index in [9.17, 15) is 9.18 Å². The summed E-state index contributed by atoms with van der Waals surface area (Å²) in [6, 6.07) is 23.4. The van der Waals surface area contributed by atoms with Crippen LogP contribution >= 0.6 is 0 Å². The maximum Gasteiger partial charge on any atom is 0.307 e. The molecule has 1 aromatic heterocycles. The van der Waals surface area contributed by atoms with E-state index in [1.165, 1.54) is 6.07 Å². The third kappa shape index (κ3) is 4.41. The Kier molecular flexibility index (Phi) is 5.20. The molecule has 0 unspecified atom stereocenters. The van der Waals surface area contributed by atoms with Crippen LogP contribution in [-0.2, 0) is 17.8 Å². The standard InChI is InChI=1S/C24H18FNO3/c25-22-12-16(13-24(27)28)8-11-21(22)18-5-3-6-20(14-18)29-15-19-10-9-17-4-1-2-7-23(17)26-19/h1-12,14H,13,15H2,(H,27,28). The molecule has 1 heterocycles. The second-order valence-electron chi connectivity index (χ2n) is 6.70. The van der Waals surface area contributed by atoms with E-state index in [-0.39, 0.29) is 6.42 Å². The number of hydrogen-bond donors (Lipinski definition) is 1. The number of fused-ring (bicyclic) bond motifs is 1. The lowest BCUT2D eigenvalue weighted by Gasteiger charge is -2.10. The Labute approximate surface area is 167 Å². The van der Waals surface area contributed by atoms with Gasteiger partial charge >= 0.3 is 5.97 Å². The first-order chi connectivity index (χ1) is 14.1. The normalized spacial score (nSPS) is 10.8. The highest BCUT2D eigenvalue weighted by Gasteiger charge is 2.09. The van der Waals surface area contributed by atoms with Crippen LogP contribution in [0, 0.1) is 5.82 Å². The minimum atomic E-state index is -0.991. The Bertz CT molecular complexity index is 1190. The Morgan fingerprint density at radius 2 is 1.83 bits per heavy atom. The Hall–Kier alpha value is -3.73. The molecule has 4 nitrogen and oxygen atoms in total. The van der Waals surface area contributed by atoms with Crippen molar-refractivity contribution >= 4 is 16.9 Å². The largest absolute Gasteiger partial charge is 0.487 e. The Morgan fingerprint density at radius 1 is 0.966 bits per heavy atom. The number of halogens is 1. The van der Waals surface area contributed by atoms with Gasteiger partial charge in [-0.25, -0.2) is 9.37 Å². The van der Waals surface area contributed by atoms with Gasteiger partial charge in [0.1, 0.15) is 18.2 Å². The van der Waals surface area contributed by atoms with E-state index in [0.29, 0.717) is 29.0 Å². The van der Waals surface area contributed by atoms with Gasteiger partial charge in [-0.15, -0.1) is 0 Å². The van der Waals surface area contributed by atoms with Crippen LogP contribution in [0.3, 0.4) is 0 Å². The van der Waals surface area contributed by atoms with Crippen molar-refractivity contribution in [2.75, 3.05) is 0 Å². The molecular weight excluding hydrogens is 369 g/mol. The number of ether oxygens (including phenoxy) is 1. The predicted octanol–water partition coefficient (Wildman–Crippen LogP) is 5.25. The quantitative estimate of drug-likeness (QED) is 0.491. The summed E-state index contributed by atoms with van der Waals surface area (Å²) < 4.78 is 20.3. The molecule has 0 aliphatic heterocycles. The second kappa shape index (κ2) is 8.10. The number of para-hydroxylation sites is 1. The van der Waals surface area contributed by atoms with Gasteiger partial charge < -0.3 is 9.84 Å². The molecule has 29 heavy (non-hydrogen) atoms. The molecule has 0 aliphatic rings. The summed E-state index contributed by atoms with van der Waals surface area (Å²) in [6.07, 6.45) is -0.209. The van der Waals surface area contributed by atoms with Gasteiger partial charge in [0.05, 0.1) is 17.6 Å². The van der Waals surface area contributed by atoms with Crippen LogP contribution in [0.25, 0.3) is 22.0 Å². The molecule has 0 bridgehead atoms. The van der Waals surface area contributed by atoms with Gasteiger partial charge in [-0.3, -0.25) is 4.79 Å². The highest BCUT2D eigenvalue weighted by molar-refractivity contribution is 5.78. The molecule has 0 fully saturated rings. The van der Waals surface area contributed by atoms with Crippen molar-refractivity contribution in [2.24, 2.45) is 0 Å². The van der Waals surface area contributed by atoms with Gasteiger partial charge in [-0.05, 0) is 41.5 Å². The molecule has 4 aromatic rings. The molecule has 0 amide bonds. The number of carboxylic acids is 1. The van der Waals surface area contributed by atoms with Crippen molar-refractivity contribution in [3.05, 3.63) is 95.9 Å². The van der Waals surface area contributed by atoms with E-state index in [1.807, 2.05) is 36.4 Å². The minimum Gasteiger partial charge on any atom is -0.487 e. The fourth-order valence-corrected chi connectivity index (χ4v) is 3.18. The first kappa shape index (κ1) is 18.6. The van der Waals surface area contributed by atoms with Gasteiger partial charge in [0.25, 0.3) is 0 Å². The summed E-state index contributed by atoms with van der Waals surface area (Å²) in [5.74, 6) is -0.849. The van der Waals surface area contributed by atoms with E-state index >= 15 is 0 Å². The van der Waals surface area contributed by atoms with E-state index in [4.69, 9.17) is 9.84 Å². The molecule has 3 aromatic carbocycles. The lowest BCUT2D eigenvalue weighted by atomic mass is 10.0. The van der Waals surface area contributed by atoms with Crippen molar-refractivity contribution in [1.29, 1.82) is 0 Å². The lowest BCUT2D eigenvalue weighted by Crippen LogP contribution is -2.01. The van der Waals surface area contributed by atoms with Crippen LogP contribution in [0.1, 0.15) is 11.3 Å². The van der Waals surface area contributed by atoms with Gasteiger partial charge in [0, 0.05) is 10.9 Å². The molecule has 144 valence electrons. The summed E-state index contributed by atoms with van der Waals surface area (Å²) in [5.41, 5.74) is 3.19. The zero-order valence-corrected chi connectivity index (χ0v) is 15.5. The fourth-order valence-electron chi connectivity index (χ4n) is 3.18. The third-order valence-electron chi connectivity index (χ3n) is 4.58. The topological polar surface area (TPSA) is 59.4 Å². The molecule has 0 spiro atoms. The van der Waals surface area contributed by atoms with Gasteiger partial charge in [-0.2, -0.15) is 0 Å². The summed E-state index contributed by atoms with van der Waals surface area (Å²) in [5, 5.41) is 9.92. The smallest absolute Gasteiger partial charge is 0.307 e. The number of pyridine rings is 1. The van der Waals surface area contributed by atoms with Crippen LogP contribution in [0.4, 0.5) is 4.39 Å². The Morgan fingerprint density at radius 3 is 2.66 bits per heavy atom. The zero-order valence-electron chi connectivity index (χ0n) is 15.5. The number of hydrogen-bond acceptors (Lipinski definition) is 3. The molecule has 1 N–H and O–H groups in total. The molecule has 0 atom stereocenters. The average Bonchev–Trinajstić information content (AvgIpc) is 2.72. The predicted molar refractivity (Wildman–Crippen MR) is 109 cm³/mol. The van der Waals surface area contributed by atoms with Gasteiger partial charge in [0.15, 0.2) is 0 Å². The van der Waals surface area contributed by atoms with Crippen molar-refractivity contribution in [3.8, 4) is 16.9 Å². The van der Waals surface area contributed by atoms with Crippen LogP contribution < -0.4 is 4.74 Å². The van der Waals surface area contributed by atoms with Crippen molar-refractivity contribution < 1.29 is 19.0 Å². The number of nitrogens with zero attached hydrogens (tertiary/aromatic N) is 1. The first-order valence-corrected chi connectivity index (χ1v) is 9.16. The molecule has 0 aliphatic carbocycles. The van der Waals surface area contributed by atoms with Crippen molar-refractivity contribution in [3.63, 3.8) is 0 Å².